The van der Waals surface area contributed by atoms with Gasteiger partial charge in [-0.25, -0.2) is 9.78 Å². The van der Waals surface area contributed by atoms with Crippen LogP contribution in [-0.4, -0.2) is 30.0 Å². The van der Waals surface area contributed by atoms with E-state index in [0.29, 0.717) is 15.7 Å². The highest BCUT2D eigenvalue weighted by molar-refractivity contribution is 7.17. The standard InChI is InChI=1S/C15H25N3O3S.ClH/c1-14(2,3)9(16)11(19)18-13-17-10(15(4,5)6)8(22-13)12(20)21-7;/h9H,16H2,1-7H3,(H,17,18,19);1H/t9-;/m1./s1. The van der Waals surface area contributed by atoms with Crippen LogP contribution in [-0.2, 0) is 14.9 Å². The Morgan fingerprint density at radius 1 is 1.22 bits per heavy atom. The Hall–Kier alpha value is -1.18. The molecule has 3 N–H and O–H groups in total. The van der Waals surface area contributed by atoms with Gasteiger partial charge in [0.15, 0.2) is 5.13 Å². The summed E-state index contributed by atoms with van der Waals surface area (Å²) in [6, 6.07) is -0.670. The van der Waals surface area contributed by atoms with Crippen molar-refractivity contribution >= 4 is 40.8 Å². The molecule has 0 fully saturated rings. The first-order chi connectivity index (χ1) is 9.87. The fourth-order valence-electron chi connectivity index (χ4n) is 1.69. The van der Waals surface area contributed by atoms with Crippen molar-refractivity contribution in [3.63, 3.8) is 0 Å². The Morgan fingerprint density at radius 2 is 1.74 bits per heavy atom. The number of hydrogen-bond donors (Lipinski definition) is 2. The van der Waals surface area contributed by atoms with Gasteiger partial charge in [0.25, 0.3) is 0 Å². The van der Waals surface area contributed by atoms with Gasteiger partial charge in [-0.1, -0.05) is 52.9 Å². The van der Waals surface area contributed by atoms with Gasteiger partial charge in [-0.05, 0) is 5.41 Å². The van der Waals surface area contributed by atoms with E-state index in [1.807, 2.05) is 41.5 Å². The summed E-state index contributed by atoms with van der Waals surface area (Å²) in [5.74, 6) is -0.777. The van der Waals surface area contributed by atoms with Gasteiger partial charge in [0, 0.05) is 5.41 Å². The third-order valence-electron chi connectivity index (χ3n) is 3.15. The second-order valence-corrected chi connectivity index (χ2v) is 8.27. The number of carbonyl (C=O) groups is 2. The van der Waals surface area contributed by atoms with E-state index in [1.165, 1.54) is 7.11 Å². The predicted octanol–water partition coefficient (Wildman–Crippen LogP) is 2.96. The number of methoxy groups -OCH3 is 1. The average molecular weight is 364 g/mol. The van der Waals surface area contributed by atoms with Crippen LogP contribution < -0.4 is 11.1 Å². The van der Waals surface area contributed by atoms with Gasteiger partial charge in [0.2, 0.25) is 5.91 Å². The number of nitrogens with one attached hydrogen (secondary N) is 1. The summed E-state index contributed by atoms with van der Waals surface area (Å²) in [5.41, 5.74) is 5.83. The Bertz CT molecular complexity index is 574. The van der Waals surface area contributed by atoms with Crippen LogP contribution in [0.3, 0.4) is 0 Å². The van der Waals surface area contributed by atoms with Gasteiger partial charge in [0.1, 0.15) is 4.88 Å². The Kier molecular flexibility index (Phi) is 7.20. The Morgan fingerprint density at radius 3 is 2.13 bits per heavy atom. The number of carbonyl (C=O) groups excluding carboxylic acids is 2. The van der Waals surface area contributed by atoms with Crippen LogP contribution >= 0.6 is 23.7 Å². The van der Waals surface area contributed by atoms with E-state index in [0.717, 1.165) is 11.3 Å². The van der Waals surface area contributed by atoms with E-state index in [2.05, 4.69) is 10.3 Å². The summed E-state index contributed by atoms with van der Waals surface area (Å²) in [6.45, 7) is 11.5. The fraction of sp³-hybridized carbons (Fsp3) is 0.667. The molecule has 1 aromatic rings. The van der Waals surface area contributed by atoms with Crippen molar-refractivity contribution in [3.05, 3.63) is 10.6 Å². The SMILES string of the molecule is COC(=O)c1sc(NC(=O)[C@@H](N)C(C)(C)C)nc1C(C)(C)C.Cl. The number of amides is 1. The Balaban J connectivity index is 0.00000484. The molecular weight excluding hydrogens is 338 g/mol. The van der Waals surface area contributed by atoms with E-state index in [9.17, 15) is 9.59 Å². The highest BCUT2D eigenvalue weighted by Crippen LogP contribution is 2.33. The van der Waals surface area contributed by atoms with Crippen LogP contribution in [0.5, 0.6) is 0 Å². The maximum atomic E-state index is 12.2. The lowest BCUT2D eigenvalue weighted by molar-refractivity contribution is -0.119. The number of hydrogen-bond acceptors (Lipinski definition) is 6. The first-order valence-corrected chi connectivity index (χ1v) is 7.85. The van der Waals surface area contributed by atoms with Gasteiger partial charge < -0.3 is 15.8 Å². The molecule has 23 heavy (non-hydrogen) atoms. The maximum absolute atomic E-state index is 12.2. The van der Waals surface area contributed by atoms with E-state index in [1.54, 1.807) is 0 Å². The smallest absolute Gasteiger partial charge is 0.350 e. The number of thiazole rings is 1. The normalized spacial score (nSPS) is 13.0. The summed E-state index contributed by atoms with van der Waals surface area (Å²) < 4.78 is 4.79. The van der Waals surface area contributed by atoms with Crippen LogP contribution in [0.15, 0.2) is 0 Å². The maximum Gasteiger partial charge on any atom is 0.350 e. The first-order valence-electron chi connectivity index (χ1n) is 7.04. The molecule has 0 bridgehead atoms. The van der Waals surface area contributed by atoms with Gasteiger partial charge in [-0.15, -0.1) is 12.4 Å². The van der Waals surface area contributed by atoms with Crippen molar-refractivity contribution in [2.45, 2.75) is 53.0 Å². The molecule has 6 nitrogen and oxygen atoms in total. The molecule has 8 heteroatoms. The first kappa shape index (κ1) is 21.8. The van der Waals surface area contributed by atoms with Gasteiger partial charge in [0.05, 0.1) is 18.8 Å². The minimum atomic E-state index is -0.670. The topological polar surface area (TPSA) is 94.3 Å². The molecule has 0 saturated carbocycles. The van der Waals surface area contributed by atoms with E-state index < -0.39 is 12.0 Å². The summed E-state index contributed by atoms with van der Waals surface area (Å²) in [4.78, 5) is 28.9. The van der Waals surface area contributed by atoms with E-state index in [4.69, 9.17) is 10.5 Å². The highest BCUT2D eigenvalue weighted by atomic mass is 35.5. The number of halogens is 1. The molecule has 0 radical (unpaired) electrons. The van der Waals surface area contributed by atoms with Gasteiger partial charge in [-0.3, -0.25) is 4.79 Å². The van der Waals surface area contributed by atoms with E-state index in [-0.39, 0.29) is 29.1 Å². The summed E-state index contributed by atoms with van der Waals surface area (Å²) >= 11 is 1.10. The van der Waals surface area contributed by atoms with Crippen molar-refractivity contribution in [2.75, 3.05) is 12.4 Å². The molecule has 0 aromatic carbocycles. The third-order valence-corrected chi connectivity index (χ3v) is 4.10. The van der Waals surface area contributed by atoms with Crippen molar-refractivity contribution in [2.24, 2.45) is 11.1 Å². The quantitative estimate of drug-likeness (QED) is 0.805. The van der Waals surface area contributed by atoms with Gasteiger partial charge >= 0.3 is 5.97 Å². The monoisotopic (exact) mass is 363 g/mol. The van der Waals surface area contributed by atoms with Crippen molar-refractivity contribution in [1.82, 2.24) is 4.98 Å². The van der Waals surface area contributed by atoms with Crippen LogP contribution in [0.25, 0.3) is 0 Å². The predicted molar refractivity (Wildman–Crippen MR) is 95.5 cm³/mol. The number of aromatic nitrogens is 1. The summed E-state index contributed by atoms with van der Waals surface area (Å²) in [7, 11) is 1.32. The lowest BCUT2D eigenvalue weighted by Crippen LogP contribution is -2.45. The number of ether oxygens (including phenoxy) is 1. The molecule has 1 amide bonds. The third kappa shape index (κ3) is 5.44. The number of nitrogens with two attached hydrogens (primary N) is 1. The van der Waals surface area contributed by atoms with Crippen LogP contribution in [0.1, 0.15) is 56.9 Å². The van der Waals surface area contributed by atoms with Crippen LogP contribution in [0, 0.1) is 5.41 Å². The second kappa shape index (κ2) is 7.59. The zero-order valence-electron chi connectivity index (χ0n) is 14.6. The van der Waals surface area contributed by atoms with Crippen molar-refractivity contribution in [1.29, 1.82) is 0 Å². The number of esters is 1. The molecule has 132 valence electrons. The molecule has 0 saturated heterocycles. The lowest BCUT2D eigenvalue weighted by atomic mass is 9.87. The largest absolute Gasteiger partial charge is 0.465 e. The average Bonchev–Trinajstić information content (AvgIpc) is 2.79. The minimum Gasteiger partial charge on any atom is -0.465 e. The molecule has 1 heterocycles. The molecule has 0 spiro atoms. The van der Waals surface area contributed by atoms with Crippen molar-refractivity contribution in [3.8, 4) is 0 Å². The molecule has 0 unspecified atom stereocenters. The van der Waals surface area contributed by atoms with Crippen LogP contribution in [0.2, 0.25) is 0 Å². The van der Waals surface area contributed by atoms with Gasteiger partial charge in [-0.2, -0.15) is 0 Å². The van der Waals surface area contributed by atoms with Crippen LogP contribution in [0.4, 0.5) is 5.13 Å². The molecule has 0 aliphatic carbocycles. The highest BCUT2D eigenvalue weighted by Gasteiger charge is 2.31. The molecule has 0 aliphatic rings. The fourth-order valence-corrected chi connectivity index (χ4v) is 2.79. The molecule has 1 atom stereocenters. The number of nitrogens with zero attached hydrogens (tertiary/aromatic N) is 1. The van der Waals surface area contributed by atoms with Crippen molar-refractivity contribution < 1.29 is 14.3 Å². The number of rotatable bonds is 3. The molecule has 1 rings (SSSR count). The zero-order valence-corrected chi connectivity index (χ0v) is 16.3. The summed E-state index contributed by atoms with van der Waals surface area (Å²) in [6.07, 6.45) is 0. The lowest BCUT2D eigenvalue weighted by Gasteiger charge is -2.25. The summed E-state index contributed by atoms with van der Waals surface area (Å²) in [5, 5.41) is 3.05. The Labute approximate surface area is 147 Å². The molecular formula is C15H26ClN3O3S. The minimum absolute atomic E-state index is 0. The van der Waals surface area contributed by atoms with E-state index >= 15 is 0 Å². The zero-order chi connectivity index (χ0) is 17.3. The molecule has 0 aliphatic heterocycles. The second-order valence-electron chi connectivity index (χ2n) is 7.27. The molecule has 1 aromatic heterocycles. The number of anilines is 1.